The van der Waals surface area contributed by atoms with Crippen LogP contribution in [0.1, 0.15) is 15.9 Å². The molecule has 5 rings (SSSR count). The molecule has 5 aromatic rings. The molecule has 0 aliphatic rings. The molecule has 0 bridgehead atoms. The lowest BCUT2D eigenvalue weighted by Crippen LogP contribution is -2.30. The molecule has 0 aliphatic carbocycles. The van der Waals surface area contributed by atoms with E-state index in [9.17, 15) is 13.2 Å². The van der Waals surface area contributed by atoms with Crippen LogP contribution < -0.4 is 13.9 Å². The van der Waals surface area contributed by atoms with Gasteiger partial charge in [0.1, 0.15) is 5.75 Å². The van der Waals surface area contributed by atoms with Crippen molar-refractivity contribution >= 4 is 48.3 Å². The predicted octanol–water partition coefficient (Wildman–Crippen LogP) is 5.37. The number of hydrogen-bond acceptors (Lipinski definition) is 7. The number of ether oxygens (including phenoxy) is 1. The summed E-state index contributed by atoms with van der Waals surface area (Å²) in [6.45, 7) is 0.250. The first-order chi connectivity index (χ1) is 18.4. The highest BCUT2D eigenvalue weighted by molar-refractivity contribution is 7.92. The van der Waals surface area contributed by atoms with Crippen LogP contribution in [0, 0.1) is 0 Å². The summed E-state index contributed by atoms with van der Waals surface area (Å²) >= 11 is 1.38. The number of amides is 1. The van der Waals surface area contributed by atoms with Crippen LogP contribution in [0.25, 0.3) is 10.2 Å². The average molecular weight is 545 g/mol. The van der Waals surface area contributed by atoms with Crippen LogP contribution in [0.4, 0.5) is 10.8 Å². The predicted molar refractivity (Wildman–Crippen MR) is 149 cm³/mol. The molecule has 0 saturated heterocycles. The number of thiazole rings is 1. The van der Waals surface area contributed by atoms with Crippen LogP contribution in [0.2, 0.25) is 0 Å². The standard InChI is InChI=1S/C28H24N4O4S2/c1-31(22-8-4-3-5-9-22)38(34,35)24-13-10-21(11-14-24)27(33)32(19-20-7-6-16-29-18-20)28-30-25-15-12-23(36-2)17-26(25)37-28/h3-18H,19H2,1-2H3. The van der Waals surface area contributed by atoms with E-state index >= 15 is 0 Å². The quantitative estimate of drug-likeness (QED) is 0.261. The molecule has 3 aromatic carbocycles. The lowest BCUT2D eigenvalue weighted by Gasteiger charge is -2.21. The van der Waals surface area contributed by atoms with Gasteiger partial charge in [-0.25, -0.2) is 13.4 Å². The van der Waals surface area contributed by atoms with Crippen molar-refractivity contribution in [1.29, 1.82) is 0 Å². The molecular weight excluding hydrogens is 520 g/mol. The molecule has 0 saturated carbocycles. The van der Waals surface area contributed by atoms with Gasteiger partial charge in [0.05, 0.1) is 34.5 Å². The van der Waals surface area contributed by atoms with E-state index in [-0.39, 0.29) is 17.3 Å². The molecule has 38 heavy (non-hydrogen) atoms. The number of rotatable bonds is 8. The van der Waals surface area contributed by atoms with Crippen molar-refractivity contribution in [1.82, 2.24) is 9.97 Å². The second-order valence-electron chi connectivity index (χ2n) is 8.42. The molecule has 8 nitrogen and oxygen atoms in total. The zero-order valence-electron chi connectivity index (χ0n) is 20.7. The minimum atomic E-state index is -3.80. The van der Waals surface area contributed by atoms with Gasteiger partial charge in [-0.05, 0) is 66.2 Å². The Kier molecular flexibility index (Phi) is 7.08. The summed E-state index contributed by atoms with van der Waals surface area (Å²) in [4.78, 5) is 24.3. The van der Waals surface area contributed by atoms with E-state index in [1.54, 1.807) is 48.7 Å². The third-order valence-corrected chi connectivity index (χ3v) is 8.84. The number of para-hydroxylation sites is 1. The number of aromatic nitrogens is 2. The van der Waals surface area contributed by atoms with Crippen LogP contribution in [-0.2, 0) is 16.6 Å². The Bertz CT molecular complexity index is 1670. The largest absolute Gasteiger partial charge is 0.497 e. The highest BCUT2D eigenvalue weighted by atomic mass is 32.2. The molecule has 0 radical (unpaired) electrons. The Balaban J connectivity index is 1.47. The zero-order valence-corrected chi connectivity index (χ0v) is 22.3. The molecule has 0 atom stereocenters. The molecule has 0 spiro atoms. The average Bonchev–Trinajstić information content (AvgIpc) is 3.39. The first-order valence-corrected chi connectivity index (χ1v) is 13.9. The normalized spacial score (nSPS) is 11.3. The van der Waals surface area contributed by atoms with Crippen LogP contribution in [0.5, 0.6) is 5.75 Å². The molecule has 2 aromatic heterocycles. The number of sulfonamides is 1. The molecule has 0 unspecified atom stereocenters. The zero-order chi connectivity index (χ0) is 26.7. The van der Waals surface area contributed by atoms with Crippen LogP contribution in [-0.4, -0.2) is 38.5 Å². The molecule has 0 fully saturated rings. The van der Waals surface area contributed by atoms with E-state index in [0.29, 0.717) is 22.1 Å². The summed E-state index contributed by atoms with van der Waals surface area (Å²) in [7, 11) is -0.700. The van der Waals surface area contributed by atoms with Gasteiger partial charge in [-0.15, -0.1) is 0 Å². The van der Waals surface area contributed by atoms with Crippen LogP contribution in [0.15, 0.2) is 102 Å². The maximum atomic E-state index is 13.8. The monoisotopic (exact) mass is 544 g/mol. The molecule has 0 aliphatic heterocycles. The fraction of sp³-hybridized carbons (Fsp3) is 0.107. The topological polar surface area (TPSA) is 92.7 Å². The van der Waals surface area contributed by atoms with Gasteiger partial charge in [-0.2, -0.15) is 0 Å². The Labute approximate surface area is 224 Å². The van der Waals surface area contributed by atoms with Crippen molar-refractivity contribution in [2.75, 3.05) is 23.4 Å². The van der Waals surface area contributed by atoms with Gasteiger partial charge in [0.15, 0.2) is 5.13 Å². The summed E-state index contributed by atoms with van der Waals surface area (Å²) < 4.78 is 33.8. The molecule has 10 heteroatoms. The van der Waals surface area contributed by atoms with Crippen molar-refractivity contribution in [3.63, 3.8) is 0 Å². The van der Waals surface area contributed by atoms with Crippen molar-refractivity contribution < 1.29 is 17.9 Å². The van der Waals surface area contributed by atoms with Gasteiger partial charge >= 0.3 is 0 Å². The minimum absolute atomic E-state index is 0.0892. The van der Waals surface area contributed by atoms with Gasteiger partial charge in [-0.1, -0.05) is 35.6 Å². The number of methoxy groups -OCH3 is 1. The van der Waals surface area contributed by atoms with E-state index in [1.165, 1.54) is 47.0 Å². The summed E-state index contributed by atoms with van der Waals surface area (Å²) in [6.07, 6.45) is 3.37. The molecular formula is C28H24N4O4S2. The third kappa shape index (κ3) is 5.09. The Morgan fingerprint density at radius 2 is 1.74 bits per heavy atom. The Morgan fingerprint density at radius 1 is 0.974 bits per heavy atom. The number of pyridine rings is 1. The smallest absolute Gasteiger partial charge is 0.264 e. The lowest BCUT2D eigenvalue weighted by atomic mass is 10.2. The van der Waals surface area contributed by atoms with Crippen molar-refractivity contribution in [3.05, 3.63) is 108 Å². The van der Waals surface area contributed by atoms with Gasteiger partial charge in [0.25, 0.3) is 15.9 Å². The first-order valence-electron chi connectivity index (χ1n) is 11.7. The number of nitrogens with zero attached hydrogens (tertiary/aromatic N) is 4. The van der Waals surface area contributed by atoms with Crippen molar-refractivity contribution in [3.8, 4) is 5.75 Å². The number of benzene rings is 3. The molecule has 1 amide bonds. The van der Waals surface area contributed by atoms with E-state index in [4.69, 9.17) is 4.74 Å². The highest BCUT2D eigenvalue weighted by Gasteiger charge is 2.25. The van der Waals surface area contributed by atoms with Crippen molar-refractivity contribution in [2.45, 2.75) is 11.4 Å². The van der Waals surface area contributed by atoms with Gasteiger partial charge in [0, 0.05) is 25.0 Å². The van der Waals surface area contributed by atoms with E-state index in [0.717, 1.165) is 15.8 Å². The maximum absolute atomic E-state index is 13.8. The second-order valence-corrected chi connectivity index (χ2v) is 11.4. The summed E-state index contributed by atoms with van der Waals surface area (Å²) in [6, 6.07) is 24.0. The lowest BCUT2D eigenvalue weighted by molar-refractivity contribution is 0.0985. The number of fused-ring (bicyclic) bond motifs is 1. The fourth-order valence-corrected chi connectivity index (χ4v) is 6.08. The van der Waals surface area contributed by atoms with E-state index in [1.807, 2.05) is 36.4 Å². The molecule has 192 valence electrons. The summed E-state index contributed by atoms with van der Waals surface area (Å²) in [5, 5.41) is 0.516. The Morgan fingerprint density at radius 3 is 2.42 bits per heavy atom. The van der Waals surface area contributed by atoms with Gasteiger partial charge < -0.3 is 4.74 Å². The minimum Gasteiger partial charge on any atom is -0.497 e. The first kappa shape index (κ1) is 25.4. The van der Waals surface area contributed by atoms with E-state index < -0.39 is 10.0 Å². The third-order valence-electron chi connectivity index (χ3n) is 6.00. The molecule has 2 heterocycles. The van der Waals surface area contributed by atoms with Crippen molar-refractivity contribution in [2.24, 2.45) is 0 Å². The Hall–Kier alpha value is -4.28. The van der Waals surface area contributed by atoms with Gasteiger partial charge in [-0.3, -0.25) is 19.0 Å². The number of hydrogen-bond donors (Lipinski definition) is 0. The summed E-state index contributed by atoms with van der Waals surface area (Å²) in [5.41, 5.74) is 2.47. The van der Waals surface area contributed by atoms with Crippen LogP contribution >= 0.6 is 11.3 Å². The van der Waals surface area contributed by atoms with Crippen LogP contribution in [0.3, 0.4) is 0 Å². The number of carbonyl (C=O) groups is 1. The second kappa shape index (κ2) is 10.6. The number of anilines is 2. The van der Waals surface area contributed by atoms with E-state index in [2.05, 4.69) is 9.97 Å². The highest BCUT2D eigenvalue weighted by Crippen LogP contribution is 2.33. The molecule has 0 N–H and O–H groups in total. The SMILES string of the molecule is COc1ccc2nc(N(Cc3cccnc3)C(=O)c3ccc(S(=O)(=O)N(C)c4ccccc4)cc3)sc2c1. The summed E-state index contributed by atoms with van der Waals surface area (Å²) in [5.74, 6) is 0.398. The van der Waals surface area contributed by atoms with Gasteiger partial charge in [0.2, 0.25) is 0 Å². The number of carbonyl (C=O) groups excluding carboxylic acids is 1. The maximum Gasteiger partial charge on any atom is 0.264 e. The fourth-order valence-electron chi connectivity index (χ4n) is 3.90.